The first-order valence-electron chi connectivity index (χ1n) is 6.33. The summed E-state index contributed by atoms with van der Waals surface area (Å²) in [7, 11) is 0. The number of nitrogens with one attached hydrogen (secondary N) is 2. The van der Waals surface area contributed by atoms with Gasteiger partial charge >= 0.3 is 12.0 Å². The highest BCUT2D eigenvalue weighted by molar-refractivity contribution is 7.11. The lowest BCUT2D eigenvalue weighted by Gasteiger charge is -2.13. The van der Waals surface area contributed by atoms with Crippen LogP contribution in [0.1, 0.15) is 36.2 Å². The van der Waals surface area contributed by atoms with Crippen LogP contribution in [0.5, 0.6) is 0 Å². The molecule has 0 aliphatic rings. The average molecular weight is 301 g/mol. The fourth-order valence-corrected chi connectivity index (χ4v) is 2.30. The molecule has 0 bridgehead atoms. The summed E-state index contributed by atoms with van der Waals surface area (Å²) < 4.78 is 0. The minimum absolute atomic E-state index is 0.0334. The number of aliphatic carboxylic acids is 1. The molecule has 2 amide bonds. The normalized spacial score (nSPS) is 13.6. The van der Waals surface area contributed by atoms with E-state index < -0.39 is 18.1 Å². The summed E-state index contributed by atoms with van der Waals surface area (Å²) >= 11 is 1.54. The van der Waals surface area contributed by atoms with Gasteiger partial charge in [0.15, 0.2) is 6.10 Å². The predicted octanol–water partition coefficient (Wildman–Crippen LogP) is 0.901. The van der Waals surface area contributed by atoms with Gasteiger partial charge in [0.1, 0.15) is 5.01 Å². The molecule has 0 aliphatic carbocycles. The van der Waals surface area contributed by atoms with Gasteiger partial charge in [0.2, 0.25) is 0 Å². The number of urea groups is 1. The van der Waals surface area contributed by atoms with Crippen LogP contribution in [0.25, 0.3) is 0 Å². The Bertz CT molecular complexity index is 463. The number of amides is 2. The molecule has 1 aromatic heterocycles. The number of aliphatic hydroxyl groups is 1. The van der Waals surface area contributed by atoms with Crippen molar-refractivity contribution in [1.29, 1.82) is 0 Å². The molecule has 2 unspecified atom stereocenters. The zero-order chi connectivity index (χ0) is 15.1. The second kappa shape index (κ2) is 7.81. The largest absolute Gasteiger partial charge is 0.479 e. The maximum absolute atomic E-state index is 11.6. The minimum atomic E-state index is -1.46. The van der Waals surface area contributed by atoms with Crippen molar-refractivity contribution in [2.24, 2.45) is 0 Å². The summed E-state index contributed by atoms with van der Waals surface area (Å²) in [4.78, 5) is 27.3. The van der Waals surface area contributed by atoms with Crippen molar-refractivity contribution in [3.63, 3.8) is 0 Å². The number of aryl methyl sites for hydroxylation is 1. The lowest BCUT2D eigenvalue weighted by molar-refractivity contribution is -0.146. The molecule has 112 valence electrons. The van der Waals surface area contributed by atoms with Crippen LogP contribution in [0.2, 0.25) is 0 Å². The zero-order valence-electron chi connectivity index (χ0n) is 11.4. The summed E-state index contributed by atoms with van der Waals surface area (Å²) in [6.07, 6.45) is 1.20. The standard InChI is InChI=1S/C12H19N3O4S/c1-3-8-6-14-10(20-8)7(2)15-12(19)13-5-4-9(16)11(17)18/h6-7,9,16H,3-5H2,1-2H3,(H,17,18)(H2,13,15,19). The van der Waals surface area contributed by atoms with E-state index in [4.69, 9.17) is 10.2 Å². The van der Waals surface area contributed by atoms with Crippen LogP contribution < -0.4 is 10.6 Å². The van der Waals surface area contributed by atoms with Crippen molar-refractivity contribution in [3.05, 3.63) is 16.1 Å². The van der Waals surface area contributed by atoms with Crippen LogP contribution >= 0.6 is 11.3 Å². The van der Waals surface area contributed by atoms with Gasteiger partial charge in [-0.05, 0) is 13.3 Å². The van der Waals surface area contributed by atoms with Gasteiger partial charge in [-0.15, -0.1) is 11.3 Å². The fraction of sp³-hybridized carbons (Fsp3) is 0.583. The van der Waals surface area contributed by atoms with Gasteiger partial charge in [0.05, 0.1) is 6.04 Å². The highest BCUT2D eigenvalue weighted by Gasteiger charge is 2.15. The third kappa shape index (κ3) is 5.14. The van der Waals surface area contributed by atoms with Crippen molar-refractivity contribution in [2.45, 2.75) is 38.8 Å². The first-order chi connectivity index (χ1) is 9.43. The second-order valence-electron chi connectivity index (χ2n) is 4.28. The molecule has 7 nitrogen and oxygen atoms in total. The Morgan fingerprint density at radius 2 is 2.20 bits per heavy atom. The number of carboxylic acid groups (broad SMARTS) is 1. The molecule has 2 atom stereocenters. The number of hydrogen-bond acceptors (Lipinski definition) is 5. The summed E-state index contributed by atoms with van der Waals surface area (Å²) in [5.74, 6) is -1.30. The van der Waals surface area contributed by atoms with Crippen molar-refractivity contribution in [1.82, 2.24) is 15.6 Å². The number of hydrogen-bond donors (Lipinski definition) is 4. The number of aliphatic hydroxyl groups excluding tert-OH is 1. The molecule has 1 aromatic rings. The van der Waals surface area contributed by atoms with Gasteiger partial charge in [0, 0.05) is 24.0 Å². The summed E-state index contributed by atoms with van der Waals surface area (Å²) in [6, 6.07) is -0.631. The van der Waals surface area contributed by atoms with Gasteiger partial charge in [-0.25, -0.2) is 14.6 Å². The molecular formula is C12H19N3O4S. The lowest BCUT2D eigenvalue weighted by Crippen LogP contribution is -2.39. The molecule has 1 rings (SSSR count). The first-order valence-corrected chi connectivity index (χ1v) is 7.15. The van der Waals surface area contributed by atoms with Gasteiger partial charge in [0.25, 0.3) is 0 Å². The molecular weight excluding hydrogens is 282 g/mol. The van der Waals surface area contributed by atoms with Crippen molar-refractivity contribution < 1.29 is 19.8 Å². The number of thiazole rings is 1. The van der Waals surface area contributed by atoms with Gasteiger partial charge < -0.3 is 20.8 Å². The lowest BCUT2D eigenvalue weighted by atomic mass is 10.2. The van der Waals surface area contributed by atoms with E-state index >= 15 is 0 Å². The third-order valence-electron chi connectivity index (χ3n) is 2.63. The Morgan fingerprint density at radius 3 is 2.75 bits per heavy atom. The SMILES string of the molecule is CCc1cnc(C(C)NC(=O)NCCC(O)C(=O)O)s1. The van der Waals surface area contributed by atoms with E-state index in [-0.39, 0.29) is 19.0 Å². The smallest absolute Gasteiger partial charge is 0.332 e. The molecule has 0 spiro atoms. The van der Waals surface area contributed by atoms with E-state index in [1.165, 1.54) is 0 Å². The molecule has 1 heterocycles. The molecule has 8 heteroatoms. The Morgan fingerprint density at radius 1 is 1.50 bits per heavy atom. The maximum atomic E-state index is 11.6. The highest BCUT2D eigenvalue weighted by Crippen LogP contribution is 2.19. The second-order valence-corrected chi connectivity index (χ2v) is 5.43. The fourth-order valence-electron chi connectivity index (χ4n) is 1.44. The third-order valence-corrected chi connectivity index (χ3v) is 3.95. The quantitative estimate of drug-likeness (QED) is 0.598. The Kier molecular flexibility index (Phi) is 6.40. The number of carbonyl (C=O) groups is 2. The molecule has 0 radical (unpaired) electrons. The Labute approximate surface area is 121 Å². The average Bonchev–Trinajstić information content (AvgIpc) is 2.87. The number of nitrogens with zero attached hydrogens (tertiary/aromatic N) is 1. The van der Waals surface area contributed by atoms with Crippen LogP contribution in [-0.4, -0.2) is 39.8 Å². The molecule has 0 saturated heterocycles. The van der Waals surface area contributed by atoms with Crippen molar-refractivity contribution in [3.8, 4) is 0 Å². The van der Waals surface area contributed by atoms with Crippen molar-refractivity contribution >= 4 is 23.3 Å². The topological polar surface area (TPSA) is 112 Å². The van der Waals surface area contributed by atoms with E-state index in [9.17, 15) is 9.59 Å². The maximum Gasteiger partial charge on any atom is 0.332 e. The van der Waals surface area contributed by atoms with E-state index in [0.717, 1.165) is 16.3 Å². The molecule has 0 aromatic carbocycles. The molecule has 0 saturated carbocycles. The summed E-state index contributed by atoms with van der Waals surface area (Å²) in [5.41, 5.74) is 0. The van der Waals surface area contributed by atoms with E-state index in [1.54, 1.807) is 17.5 Å². The van der Waals surface area contributed by atoms with Crippen LogP contribution in [0, 0.1) is 0 Å². The molecule has 0 fully saturated rings. The molecule has 0 aliphatic heterocycles. The first kappa shape index (κ1) is 16.4. The molecule has 20 heavy (non-hydrogen) atoms. The minimum Gasteiger partial charge on any atom is -0.479 e. The summed E-state index contributed by atoms with van der Waals surface area (Å²) in [5, 5.41) is 23.6. The number of rotatable bonds is 7. The Hall–Kier alpha value is -1.67. The number of carbonyl (C=O) groups excluding carboxylic acids is 1. The zero-order valence-corrected chi connectivity index (χ0v) is 12.2. The monoisotopic (exact) mass is 301 g/mol. The Balaban J connectivity index is 2.33. The van der Waals surface area contributed by atoms with Gasteiger partial charge in [-0.2, -0.15) is 0 Å². The van der Waals surface area contributed by atoms with Crippen LogP contribution in [0.3, 0.4) is 0 Å². The van der Waals surface area contributed by atoms with E-state index in [2.05, 4.69) is 15.6 Å². The van der Waals surface area contributed by atoms with Gasteiger partial charge in [-0.1, -0.05) is 6.92 Å². The van der Waals surface area contributed by atoms with E-state index in [1.807, 2.05) is 13.8 Å². The van der Waals surface area contributed by atoms with Gasteiger partial charge in [-0.3, -0.25) is 0 Å². The molecule has 4 N–H and O–H groups in total. The van der Waals surface area contributed by atoms with E-state index in [0.29, 0.717) is 0 Å². The number of aromatic nitrogens is 1. The van der Waals surface area contributed by atoms with Crippen LogP contribution in [0.15, 0.2) is 6.20 Å². The highest BCUT2D eigenvalue weighted by atomic mass is 32.1. The van der Waals surface area contributed by atoms with Crippen molar-refractivity contribution in [2.75, 3.05) is 6.54 Å². The number of carboxylic acids is 1. The summed E-state index contributed by atoms with van der Waals surface area (Å²) in [6.45, 7) is 3.95. The predicted molar refractivity (Wildman–Crippen MR) is 74.7 cm³/mol. The van der Waals surface area contributed by atoms with Crippen LogP contribution in [0.4, 0.5) is 4.79 Å². The van der Waals surface area contributed by atoms with Crippen LogP contribution in [-0.2, 0) is 11.2 Å².